The third kappa shape index (κ3) is 3.79. The molecule has 0 bridgehead atoms. The quantitative estimate of drug-likeness (QED) is 0.368. The van der Waals surface area contributed by atoms with Gasteiger partial charge in [0.15, 0.2) is 5.82 Å². The third-order valence-corrected chi connectivity index (χ3v) is 4.91. The number of pyridine rings is 1. The van der Waals surface area contributed by atoms with Crippen molar-refractivity contribution in [2.45, 2.75) is 26.3 Å². The molecule has 1 aliphatic rings. The van der Waals surface area contributed by atoms with Crippen molar-refractivity contribution in [1.82, 2.24) is 10.1 Å². The van der Waals surface area contributed by atoms with E-state index in [1.165, 1.54) is 4.90 Å². The highest BCUT2D eigenvalue weighted by molar-refractivity contribution is 6.51. The number of aromatic nitrogens is 2. The summed E-state index contributed by atoms with van der Waals surface area (Å²) in [7, 11) is 0. The van der Waals surface area contributed by atoms with E-state index in [1.54, 1.807) is 61.8 Å². The Labute approximate surface area is 178 Å². The predicted octanol–water partition coefficient (Wildman–Crippen LogP) is 3.79. The van der Waals surface area contributed by atoms with Crippen LogP contribution in [0.1, 0.15) is 36.3 Å². The van der Waals surface area contributed by atoms with Crippen molar-refractivity contribution >= 4 is 23.3 Å². The van der Waals surface area contributed by atoms with Gasteiger partial charge in [0.1, 0.15) is 17.3 Å². The Morgan fingerprint density at radius 1 is 1.23 bits per heavy atom. The standard InChI is InChI=1S/C23H21N3O5/c1-3-11-30-17-8-6-15(7-9-17)21(27)19-20(16-5-4-10-24-13-16)26(23(29)22(19)28)18-12-14(2)31-25-18/h4-10,12-13,20,27H,3,11H2,1-2H3/b21-19+/t20-/m1/s1. The van der Waals surface area contributed by atoms with E-state index in [9.17, 15) is 14.7 Å². The number of aliphatic hydroxyl groups excluding tert-OH is 1. The number of aryl methyl sites for hydroxylation is 1. The smallest absolute Gasteiger partial charge is 0.301 e. The van der Waals surface area contributed by atoms with Crippen LogP contribution < -0.4 is 9.64 Å². The van der Waals surface area contributed by atoms with Gasteiger partial charge < -0.3 is 14.4 Å². The SMILES string of the molecule is CCCOc1ccc(/C(O)=C2\C(=O)C(=O)N(c3cc(C)on3)[C@@H]2c2cccnc2)cc1. The van der Waals surface area contributed by atoms with Crippen LogP contribution in [0, 0.1) is 6.92 Å². The zero-order valence-electron chi connectivity index (χ0n) is 17.1. The fraction of sp³-hybridized carbons (Fsp3) is 0.217. The topological polar surface area (TPSA) is 106 Å². The van der Waals surface area contributed by atoms with Crippen LogP contribution in [0.3, 0.4) is 0 Å². The highest BCUT2D eigenvalue weighted by Crippen LogP contribution is 2.41. The molecule has 1 saturated heterocycles. The first-order valence-corrected chi connectivity index (χ1v) is 9.88. The predicted molar refractivity (Wildman–Crippen MR) is 112 cm³/mol. The summed E-state index contributed by atoms with van der Waals surface area (Å²) in [5, 5.41) is 15.0. The van der Waals surface area contributed by atoms with E-state index < -0.39 is 17.7 Å². The van der Waals surface area contributed by atoms with Crippen LogP contribution in [0.5, 0.6) is 5.75 Å². The summed E-state index contributed by atoms with van der Waals surface area (Å²) in [6.45, 7) is 4.27. The molecule has 1 fully saturated rings. The van der Waals surface area contributed by atoms with Crippen LogP contribution in [-0.4, -0.2) is 33.5 Å². The second kappa shape index (κ2) is 8.43. The van der Waals surface area contributed by atoms with E-state index in [0.717, 1.165) is 6.42 Å². The van der Waals surface area contributed by atoms with Crippen LogP contribution >= 0.6 is 0 Å². The molecular weight excluding hydrogens is 398 g/mol. The summed E-state index contributed by atoms with van der Waals surface area (Å²) in [5.74, 6) is -0.553. The summed E-state index contributed by atoms with van der Waals surface area (Å²) >= 11 is 0. The Morgan fingerprint density at radius 3 is 2.61 bits per heavy atom. The average molecular weight is 419 g/mol. The molecule has 3 heterocycles. The van der Waals surface area contributed by atoms with Gasteiger partial charge in [0.05, 0.1) is 18.2 Å². The first kappa shape index (κ1) is 20.3. The highest BCUT2D eigenvalue weighted by Gasteiger charge is 2.48. The Balaban J connectivity index is 1.82. The van der Waals surface area contributed by atoms with Crippen LogP contribution in [0.25, 0.3) is 5.76 Å². The highest BCUT2D eigenvalue weighted by atomic mass is 16.5. The Hall–Kier alpha value is -3.94. The molecule has 8 heteroatoms. The lowest BCUT2D eigenvalue weighted by molar-refractivity contribution is -0.132. The van der Waals surface area contributed by atoms with Gasteiger partial charge in [0.2, 0.25) is 0 Å². The lowest BCUT2D eigenvalue weighted by Crippen LogP contribution is -2.29. The maximum Gasteiger partial charge on any atom is 0.301 e. The van der Waals surface area contributed by atoms with E-state index >= 15 is 0 Å². The van der Waals surface area contributed by atoms with Gasteiger partial charge in [-0.1, -0.05) is 18.1 Å². The van der Waals surface area contributed by atoms with E-state index in [-0.39, 0.29) is 17.2 Å². The summed E-state index contributed by atoms with van der Waals surface area (Å²) in [6, 6.07) is 10.8. The van der Waals surface area contributed by atoms with E-state index in [2.05, 4.69) is 10.1 Å². The second-order valence-electron chi connectivity index (χ2n) is 7.12. The number of carbonyl (C=O) groups is 2. The molecule has 3 aromatic rings. The summed E-state index contributed by atoms with van der Waals surface area (Å²) in [5.41, 5.74) is 0.916. The van der Waals surface area contributed by atoms with Crippen molar-refractivity contribution in [1.29, 1.82) is 0 Å². The number of ether oxygens (including phenoxy) is 1. The van der Waals surface area contributed by atoms with Gasteiger partial charge in [0.25, 0.3) is 5.78 Å². The summed E-state index contributed by atoms with van der Waals surface area (Å²) < 4.78 is 10.7. The number of benzene rings is 1. The fourth-order valence-electron chi connectivity index (χ4n) is 3.47. The number of hydrogen-bond acceptors (Lipinski definition) is 7. The number of rotatable bonds is 6. The first-order chi connectivity index (χ1) is 15.0. The van der Waals surface area contributed by atoms with E-state index in [4.69, 9.17) is 9.26 Å². The number of carbonyl (C=O) groups excluding carboxylic acids is 2. The molecule has 31 heavy (non-hydrogen) atoms. The van der Waals surface area contributed by atoms with Crippen LogP contribution in [-0.2, 0) is 9.59 Å². The van der Waals surface area contributed by atoms with Crippen molar-refractivity contribution in [3.63, 3.8) is 0 Å². The van der Waals surface area contributed by atoms with Crippen LogP contribution in [0.4, 0.5) is 5.82 Å². The van der Waals surface area contributed by atoms with Crippen LogP contribution in [0.15, 0.2) is 65.0 Å². The number of nitrogens with zero attached hydrogens (tertiary/aromatic N) is 3. The Kier molecular flexibility index (Phi) is 5.53. The van der Waals surface area contributed by atoms with Crippen molar-refractivity contribution in [2.75, 3.05) is 11.5 Å². The number of anilines is 1. The van der Waals surface area contributed by atoms with Crippen molar-refractivity contribution in [3.05, 3.63) is 77.3 Å². The van der Waals surface area contributed by atoms with Crippen LogP contribution in [0.2, 0.25) is 0 Å². The molecule has 0 aliphatic carbocycles. The van der Waals surface area contributed by atoms with E-state index in [0.29, 0.717) is 29.2 Å². The lowest BCUT2D eigenvalue weighted by atomic mass is 9.96. The molecule has 4 rings (SSSR count). The minimum Gasteiger partial charge on any atom is -0.507 e. The maximum absolute atomic E-state index is 13.0. The first-order valence-electron chi connectivity index (χ1n) is 9.88. The van der Waals surface area contributed by atoms with Gasteiger partial charge in [-0.05, 0) is 49.2 Å². The monoisotopic (exact) mass is 419 g/mol. The molecule has 0 radical (unpaired) electrons. The molecule has 0 spiro atoms. The molecule has 0 saturated carbocycles. The minimum absolute atomic E-state index is 0.0409. The molecule has 1 amide bonds. The number of ketones is 1. The molecule has 1 aliphatic heterocycles. The fourth-order valence-corrected chi connectivity index (χ4v) is 3.47. The molecule has 1 aromatic carbocycles. The molecule has 158 valence electrons. The molecular formula is C23H21N3O5. The Bertz CT molecular complexity index is 1140. The molecule has 0 unspecified atom stereocenters. The molecule has 2 aromatic heterocycles. The van der Waals surface area contributed by atoms with Gasteiger partial charge in [-0.3, -0.25) is 19.5 Å². The normalized spacial score (nSPS) is 17.9. The van der Waals surface area contributed by atoms with E-state index in [1.807, 2.05) is 6.92 Å². The number of Topliss-reactive ketones (excluding diaryl/α,β-unsaturated/α-hetero) is 1. The van der Waals surface area contributed by atoms with Crippen molar-refractivity contribution in [3.8, 4) is 5.75 Å². The van der Waals surface area contributed by atoms with Gasteiger partial charge in [-0.2, -0.15) is 0 Å². The zero-order chi connectivity index (χ0) is 22.0. The maximum atomic E-state index is 13.0. The molecule has 8 nitrogen and oxygen atoms in total. The summed E-state index contributed by atoms with van der Waals surface area (Å²) in [4.78, 5) is 31.2. The van der Waals surface area contributed by atoms with Gasteiger partial charge >= 0.3 is 5.91 Å². The minimum atomic E-state index is -0.894. The Morgan fingerprint density at radius 2 is 2.00 bits per heavy atom. The summed E-state index contributed by atoms with van der Waals surface area (Å²) in [6.07, 6.45) is 4.01. The second-order valence-corrected chi connectivity index (χ2v) is 7.12. The zero-order valence-corrected chi connectivity index (χ0v) is 17.1. The number of hydrogen-bond donors (Lipinski definition) is 1. The average Bonchev–Trinajstić information content (AvgIpc) is 3.33. The van der Waals surface area contributed by atoms with Crippen molar-refractivity contribution < 1.29 is 24.0 Å². The van der Waals surface area contributed by atoms with Crippen molar-refractivity contribution in [2.24, 2.45) is 0 Å². The van der Waals surface area contributed by atoms with Gasteiger partial charge in [0, 0.05) is 24.0 Å². The molecule has 1 atom stereocenters. The largest absolute Gasteiger partial charge is 0.507 e. The molecule has 1 N–H and O–H groups in total. The number of amides is 1. The lowest BCUT2D eigenvalue weighted by Gasteiger charge is -2.22. The van der Waals surface area contributed by atoms with Gasteiger partial charge in [-0.15, -0.1) is 0 Å². The number of aliphatic hydroxyl groups is 1. The van der Waals surface area contributed by atoms with Gasteiger partial charge in [-0.25, -0.2) is 0 Å². The third-order valence-electron chi connectivity index (χ3n) is 4.91.